The van der Waals surface area contributed by atoms with Crippen LogP contribution >= 0.6 is 11.3 Å². The van der Waals surface area contributed by atoms with Gasteiger partial charge in [-0.15, -0.1) is 11.3 Å². The minimum Gasteiger partial charge on any atom is -0.378 e. The van der Waals surface area contributed by atoms with E-state index in [0.717, 1.165) is 36.6 Å². The molecule has 0 radical (unpaired) electrons. The van der Waals surface area contributed by atoms with E-state index in [4.69, 9.17) is 4.74 Å². The number of aromatic nitrogens is 1. The number of morpholine rings is 1. The molecule has 94 valence electrons. The fourth-order valence-electron chi connectivity index (χ4n) is 1.91. The predicted octanol–water partition coefficient (Wildman–Crippen LogP) is 1.63. The maximum atomic E-state index is 11.8. The van der Waals surface area contributed by atoms with Crippen LogP contribution in [0, 0.1) is 6.92 Å². The Labute approximate surface area is 106 Å². The van der Waals surface area contributed by atoms with Crippen LogP contribution in [-0.2, 0) is 16.0 Å². The van der Waals surface area contributed by atoms with E-state index in [0.29, 0.717) is 19.6 Å². The lowest BCUT2D eigenvalue weighted by Gasteiger charge is -2.26. The second-order valence-corrected chi connectivity index (χ2v) is 5.27. The van der Waals surface area contributed by atoms with E-state index >= 15 is 0 Å². The zero-order valence-corrected chi connectivity index (χ0v) is 11.0. The van der Waals surface area contributed by atoms with Crippen LogP contribution in [0.15, 0.2) is 5.38 Å². The number of hydrogen-bond acceptors (Lipinski definition) is 4. The molecule has 0 N–H and O–H groups in total. The molecule has 0 atom stereocenters. The van der Waals surface area contributed by atoms with Gasteiger partial charge in [0.2, 0.25) is 5.91 Å². The van der Waals surface area contributed by atoms with Crippen LogP contribution < -0.4 is 0 Å². The van der Waals surface area contributed by atoms with Gasteiger partial charge in [0.15, 0.2) is 0 Å². The van der Waals surface area contributed by atoms with E-state index in [1.807, 2.05) is 11.8 Å². The Morgan fingerprint density at radius 3 is 2.94 bits per heavy atom. The topological polar surface area (TPSA) is 42.4 Å². The summed E-state index contributed by atoms with van der Waals surface area (Å²) in [6.07, 6.45) is 2.41. The van der Waals surface area contributed by atoms with E-state index in [1.54, 1.807) is 11.3 Å². The normalized spacial score (nSPS) is 16.2. The highest BCUT2D eigenvalue weighted by atomic mass is 32.1. The molecule has 17 heavy (non-hydrogen) atoms. The van der Waals surface area contributed by atoms with Crippen molar-refractivity contribution in [3.63, 3.8) is 0 Å². The molecule has 1 aromatic rings. The number of rotatable bonds is 4. The quantitative estimate of drug-likeness (QED) is 0.820. The third-order valence-electron chi connectivity index (χ3n) is 2.85. The first-order chi connectivity index (χ1) is 8.25. The molecule has 1 saturated heterocycles. The molecule has 0 unspecified atom stereocenters. The standard InChI is InChI=1S/C12H18N2O2S/c1-10-13-11(9-17-10)3-2-4-12(15)14-5-7-16-8-6-14/h9H,2-8H2,1H3. The van der Waals surface area contributed by atoms with Crippen molar-refractivity contribution in [3.05, 3.63) is 16.1 Å². The first kappa shape index (κ1) is 12.5. The lowest BCUT2D eigenvalue weighted by atomic mass is 10.2. The van der Waals surface area contributed by atoms with Crippen LogP contribution in [0.5, 0.6) is 0 Å². The smallest absolute Gasteiger partial charge is 0.222 e. The highest BCUT2D eigenvalue weighted by Crippen LogP contribution is 2.11. The summed E-state index contributed by atoms with van der Waals surface area (Å²) in [5, 5.41) is 3.17. The fraction of sp³-hybridized carbons (Fsp3) is 0.667. The maximum absolute atomic E-state index is 11.8. The molecule has 2 heterocycles. The zero-order valence-electron chi connectivity index (χ0n) is 10.1. The Hall–Kier alpha value is -0.940. The molecule has 2 rings (SSSR count). The summed E-state index contributed by atoms with van der Waals surface area (Å²) < 4.78 is 5.22. The van der Waals surface area contributed by atoms with Crippen LogP contribution in [0.3, 0.4) is 0 Å². The number of carbonyl (C=O) groups excluding carboxylic acids is 1. The molecular weight excluding hydrogens is 236 g/mol. The van der Waals surface area contributed by atoms with Crippen LogP contribution in [-0.4, -0.2) is 42.1 Å². The van der Waals surface area contributed by atoms with Gasteiger partial charge < -0.3 is 9.64 Å². The number of amides is 1. The number of thiazole rings is 1. The van der Waals surface area contributed by atoms with Crippen LogP contribution in [0.2, 0.25) is 0 Å². The molecule has 4 nitrogen and oxygen atoms in total. The van der Waals surface area contributed by atoms with Crippen molar-refractivity contribution in [2.75, 3.05) is 26.3 Å². The predicted molar refractivity (Wildman–Crippen MR) is 67.2 cm³/mol. The molecule has 1 fully saturated rings. The largest absolute Gasteiger partial charge is 0.378 e. The van der Waals surface area contributed by atoms with Crippen molar-refractivity contribution in [1.82, 2.24) is 9.88 Å². The monoisotopic (exact) mass is 254 g/mol. The summed E-state index contributed by atoms with van der Waals surface area (Å²) in [7, 11) is 0. The van der Waals surface area contributed by atoms with Crippen molar-refractivity contribution in [3.8, 4) is 0 Å². The summed E-state index contributed by atoms with van der Waals surface area (Å²) in [5.74, 6) is 0.250. The number of nitrogens with zero attached hydrogens (tertiary/aromatic N) is 2. The molecule has 5 heteroatoms. The second kappa shape index (κ2) is 6.12. The molecule has 0 spiro atoms. The van der Waals surface area contributed by atoms with Gasteiger partial charge in [-0.1, -0.05) is 0 Å². The summed E-state index contributed by atoms with van der Waals surface area (Å²) in [4.78, 5) is 18.1. The molecule has 0 bridgehead atoms. The molecule has 1 aliphatic heterocycles. The number of ether oxygens (including phenoxy) is 1. The van der Waals surface area contributed by atoms with Crippen LogP contribution in [0.1, 0.15) is 23.5 Å². The third-order valence-corrected chi connectivity index (χ3v) is 3.68. The minimum absolute atomic E-state index is 0.250. The van der Waals surface area contributed by atoms with Gasteiger partial charge in [0.05, 0.1) is 23.9 Å². The summed E-state index contributed by atoms with van der Waals surface area (Å²) >= 11 is 1.67. The Kier molecular flexibility index (Phi) is 4.50. The van der Waals surface area contributed by atoms with Gasteiger partial charge >= 0.3 is 0 Å². The van der Waals surface area contributed by atoms with Gasteiger partial charge in [-0.2, -0.15) is 0 Å². The summed E-state index contributed by atoms with van der Waals surface area (Å²) in [6.45, 7) is 4.85. The first-order valence-electron chi connectivity index (χ1n) is 6.02. The Morgan fingerprint density at radius 2 is 2.29 bits per heavy atom. The summed E-state index contributed by atoms with van der Waals surface area (Å²) in [5.41, 5.74) is 1.11. The maximum Gasteiger partial charge on any atom is 0.222 e. The molecule has 0 saturated carbocycles. The Bertz CT molecular complexity index is 372. The van der Waals surface area contributed by atoms with Gasteiger partial charge in [-0.25, -0.2) is 4.98 Å². The van der Waals surface area contributed by atoms with Crippen molar-refractivity contribution in [2.24, 2.45) is 0 Å². The fourth-order valence-corrected chi connectivity index (χ4v) is 2.56. The summed E-state index contributed by atoms with van der Waals surface area (Å²) in [6, 6.07) is 0. The number of hydrogen-bond donors (Lipinski definition) is 0. The third kappa shape index (κ3) is 3.78. The lowest BCUT2D eigenvalue weighted by molar-refractivity contribution is -0.135. The van der Waals surface area contributed by atoms with Crippen molar-refractivity contribution in [2.45, 2.75) is 26.2 Å². The van der Waals surface area contributed by atoms with Crippen LogP contribution in [0.25, 0.3) is 0 Å². The molecule has 0 aliphatic carbocycles. The SMILES string of the molecule is Cc1nc(CCCC(=O)N2CCOCC2)cs1. The average molecular weight is 254 g/mol. The number of aryl methyl sites for hydroxylation is 2. The highest BCUT2D eigenvalue weighted by Gasteiger charge is 2.16. The van der Waals surface area contributed by atoms with E-state index < -0.39 is 0 Å². The molecule has 1 amide bonds. The van der Waals surface area contributed by atoms with Crippen molar-refractivity contribution in [1.29, 1.82) is 0 Å². The first-order valence-corrected chi connectivity index (χ1v) is 6.90. The van der Waals surface area contributed by atoms with Gasteiger partial charge in [0, 0.05) is 24.9 Å². The van der Waals surface area contributed by atoms with Gasteiger partial charge in [-0.3, -0.25) is 4.79 Å². The number of carbonyl (C=O) groups is 1. The molecule has 1 aliphatic rings. The van der Waals surface area contributed by atoms with Crippen molar-refractivity contribution < 1.29 is 9.53 Å². The minimum atomic E-state index is 0.250. The van der Waals surface area contributed by atoms with Gasteiger partial charge in [-0.05, 0) is 19.8 Å². The Balaban J connectivity index is 1.69. The van der Waals surface area contributed by atoms with Crippen LogP contribution in [0.4, 0.5) is 0 Å². The molecule has 0 aromatic carbocycles. The molecule has 1 aromatic heterocycles. The van der Waals surface area contributed by atoms with E-state index in [9.17, 15) is 4.79 Å². The second-order valence-electron chi connectivity index (χ2n) is 4.20. The average Bonchev–Trinajstić information content (AvgIpc) is 2.76. The molecular formula is C12H18N2O2S. The van der Waals surface area contributed by atoms with Gasteiger partial charge in [0.25, 0.3) is 0 Å². The lowest BCUT2D eigenvalue weighted by Crippen LogP contribution is -2.40. The van der Waals surface area contributed by atoms with E-state index in [1.165, 1.54) is 0 Å². The van der Waals surface area contributed by atoms with E-state index in [2.05, 4.69) is 10.4 Å². The van der Waals surface area contributed by atoms with Crippen molar-refractivity contribution >= 4 is 17.2 Å². The highest BCUT2D eigenvalue weighted by molar-refractivity contribution is 7.09. The van der Waals surface area contributed by atoms with Gasteiger partial charge in [0.1, 0.15) is 0 Å². The van der Waals surface area contributed by atoms with E-state index in [-0.39, 0.29) is 5.91 Å². The Morgan fingerprint density at radius 1 is 1.53 bits per heavy atom. The zero-order chi connectivity index (χ0) is 12.1.